The van der Waals surface area contributed by atoms with Crippen LogP contribution in [0.25, 0.3) is 0 Å². The number of carbonyl (C=O) groups excluding carboxylic acids is 1. The number of benzene rings is 1. The molecule has 23 heavy (non-hydrogen) atoms. The Bertz CT molecular complexity index is 679. The lowest BCUT2D eigenvalue weighted by Gasteiger charge is -2.08. The summed E-state index contributed by atoms with van der Waals surface area (Å²) in [5.74, 6) is 0.355. The van der Waals surface area contributed by atoms with Crippen LogP contribution in [-0.4, -0.2) is 17.1 Å². The summed E-state index contributed by atoms with van der Waals surface area (Å²) in [6, 6.07) is 12.8. The summed E-state index contributed by atoms with van der Waals surface area (Å²) in [5, 5.41) is 5.58. The van der Waals surface area contributed by atoms with E-state index in [1.54, 1.807) is 6.07 Å². The first-order valence-corrected chi connectivity index (χ1v) is 7.46. The molecule has 2 atom stereocenters. The molecule has 2 N–H and O–H groups in total. The molecular weight excluding hydrogens is 300 g/mol. The molecule has 4 nitrogen and oxygen atoms in total. The van der Waals surface area contributed by atoms with Crippen LogP contribution in [0, 0.1) is 0 Å². The highest BCUT2D eigenvalue weighted by molar-refractivity contribution is 5.74. The van der Waals surface area contributed by atoms with E-state index in [4.69, 9.17) is 0 Å². The molecule has 0 aliphatic heterocycles. The number of pyridine rings is 1. The van der Waals surface area contributed by atoms with Crippen molar-refractivity contribution in [3.8, 4) is 0 Å². The number of urea groups is 1. The average molecular weight is 317 g/mol. The molecule has 0 bridgehead atoms. The molecule has 0 unspecified atom stereocenters. The van der Waals surface area contributed by atoms with Gasteiger partial charge in [-0.25, -0.2) is 13.6 Å². The predicted octanol–water partition coefficient (Wildman–Crippen LogP) is 3.37. The number of nitrogens with one attached hydrogen (secondary N) is 2. The zero-order chi connectivity index (χ0) is 16.2. The smallest absolute Gasteiger partial charge is 0.315 e. The Morgan fingerprint density at radius 1 is 1.26 bits per heavy atom. The summed E-state index contributed by atoms with van der Waals surface area (Å²) < 4.78 is 25.1. The third kappa shape index (κ3) is 4.03. The molecule has 1 fully saturated rings. The molecule has 0 radical (unpaired) electrons. The molecule has 120 valence electrons. The van der Waals surface area contributed by atoms with Crippen LogP contribution in [0.1, 0.15) is 35.6 Å². The molecule has 1 aromatic heterocycles. The lowest BCUT2D eigenvalue weighted by atomic mass is 10.1. The summed E-state index contributed by atoms with van der Waals surface area (Å²) in [6.45, 7) is 0.191. The van der Waals surface area contributed by atoms with E-state index in [9.17, 15) is 13.6 Å². The Morgan fingerprint density at radius 3 is 2.78 bits per heavy atom. The van der Waals surface area contributed by atoms with Gasteiger partial charge in [0.2, 0.25) is 0 Å². The monoisotopic (exact) mass is 317 g/mol. The van der Waals surface area contributed by atoms with Crippen molar-refractivity contribution in [2.45, 2.75) is 31.4 Å². The third-order valence-corrected chi connectivity index (χ3v) is 3.86. The number of rotatable bonds is 5. The highest BCUT2D eigenvalue weighted by Crippen LogP contribution is 2.40. The first-order valence-electron chi connectivity index (χ1n) is 7.46. The minimum atomic E-state index is -2.61. The maximum absolute atomic E-state index is 12.6. The van der Waals surface area contributed by atoms with E-state index in [1.807, 2.05) is 30.3 Å². The van der Waals surface area contributed by atoms with Crippen molar-refractivity contribution in [3.63, 3.8) is 0 Å². The molecule has 3 rings (SSSR count). The minimum absolute atomic E-state index is 0.131. The summed E-state index contributed by atoms with van der Waals surface area (Å²) in [4.78, 5) is 15.5. The minimum Gasteiger partial charge on any atom is -0.335 e. The van der Waals surface area contributed by atoms with Crippen molar-refractivity contribution in [1.82, 2.24) is 15.6 Å². The van der Waals surface area contributed by atoms with Crippen LogP contribution in [0.3, 0.4) is 0 Å². The molecule has 1 aromatic carbocycles. The molecule has 0 saturated heterocycles. The van der Waals surface area contributed by atoms with E-state index in [-0.39, 0.29) is 24.3 Å². The van der Waals surface area contributed by atoms with Crippen molar-refractivity contribution in [1.29, 1.82) is 0 Å². The van der Waals surface area contributed by atoms with Gasteiger partial charge in [-0.05, 0) is 29.7 Å². The Kier molecular flexibility index (Phi) is 4.50. The molecule has 2 amide bonds. The SMILES string of the molecule is O=C(NCc1ccnc(C(F)F)c1)N[C@@H]1C[C@H]1c1ccccc1. The molecule has 1 heterocycles. The highest BCUT2D eigenvalue weighted by atomic mass is 19.3. The molecule has 2 aromatic rings. The maximum Gasteiger partial charge on any atom is 0.315 e. The van der Waals surface area contributed by atoms with Gasteiger partial charge in [0, 0.05) is 24.7 Å². The maximum atomic E-state index is 12.6. The zero-order valence-electron chi connectivity index (χ0n) is 12.4. The molecule has 6 heteroatoms. The molecule has 1 aliphatic carbocycles. The second-order valence-electron chi connectivity index (χ2n) is 5.58. The summed E-state index contributed by atoms with van der Waals surface area (Å²) in [7, 11) is 0. The second-order valence-corrected chi connectivity index (χ2v) is 5.58. The van der Waals surface area contributed by atoms with E-state index in [2.05, 4.69) is 15.6 Å². The van der Waals surface area contributed by atoms with Gasteiger partial charge in [0.25, 0.3) is 6.43 Å². The Hall–Kier alpha value is -2.50. The summed E-state index contributed by atoms with van der Waals surface area (Å²) >= 11 is 0. The fraction of sp³-hybridized carbons (Fsp3) is 0.294. The van der Waals surface area contributed by atoms with Crippen molar-refractivity contribution >= 4 is 6.03 Å². The van der Waals surface area contributed by atoms with Gasteiger partial charge < -0.3 is 10.6 Å². The first kappa shape index (κ1) is 15.4. The van der Waals surface area contributed by atoms with Crippen LogP contribution in [-0.2, 0) is 6.54 Å². The van der Waals surface area contributed by atoms with Crippen molar-refractivity contribution in [2.24, 2.45) is 0 Å². The molecular formula is C17H17F2N3O. The molecule has 0 spiro atoms. The van der Waals surface area contributed by atoms with Gasteiger partial charge in [-0.2, -0.15) is 0 Å². The van der Waals surface area contributed by atoms with E-state index in [0.717, 1.165) is 6.42 Å². The predicted molar refractivity (Wildman–Crippen MR) is 82.2 cm³/mol. The number of hydrogen-bond acceptors (Lipinski definition) is 2. The van der Waals surface area contributed by atoms with Crippen LogP contribution in [0.5, 0.6) is 0 Å². The normalized spacial score (nSPS) is 19.4. The van der Waals surface area contributed by atoms with Gasteiger partial charge in [-0.1, -0.05) is 30.3 Å². The first-order chi connectivity index (χ1) is 11.1. The van der Waals surface area contributed by atoms with Gasteiger partial charge in [-0.15, -0.1) is 0 Å². The van der Waals surface area contributed by atoms with E-state index in [1.165, 1.54) is 17.8 Å². The Labute approximate surface area is 132 Å². The Balaban J connectivity index is 1.47. The van der Waals surface area contributed by atoms with Crippen LogP contribution >= 0.6 is 0 Å². The average Bonchev–Trinajstić information content (AvgIpc) is 3.33. The third-order valence-electron chi connectivity index (χ3n) is 3.86. The van der Waals surface area contributed by atoms with Gasteiger partial charge in [0.05, 0.1) is 0 Å². The Morgan fingerprint density at radius 2 is 2.04 bits per heavy atom. The topological polar surface area (TPSA) is 54.0 Å². The number of amides is 2. The van der Waals surface area contributed by atoms with Crippen molar-refractivity contribution < 1.29 is 13.6 Å². The highest BCUT2D eigenvalue weighted by Gasteiger charge is 2.39. The number of aromatic nitrogens is 1. The van der Waals surface area contributed by atoms with Gasteiger partial charge in [-0.3, -0.25) is 4.98 Å². The number of alkyl halides is 2. The number of halogens is 2. The summed E-state index contributed by atoms with van der Waals surface area (Å²) in [5.41, 5.74) is 1.53. The van der Waals surface area contributed by atoms with Crippen LogP contribution in [0.15, 0.2) is 48.7 Å². The zero-order valence-corrected chi connectivity index (χ0v) is 12.4. The molecule has 1 saturated carbocycles. The van der Waals surface area contributed by atoms with Gasteiger partial charge in [0.1, 0.15) is 5.69 Å². The van der Waals surface area contributed by atoms with Gasteiger partial charge in [0.15, 0.2) is 0 Å². The quantitative estimate of drug-likeness (QED) is 0.888. The van der Waals surface area contributed by atoms with E-state index < -0.39 is 6.43 Å². The van der Waals surface area contributed by atoms with Crippen LogP contribution < -0.4 is 10.6 Å². The van der Waals surface area contributed by atoms with E-state index in [0.29, 0.717) is 11.5 Å². The van der Waals surface area contributed by atoms with Gasteiger partial charge >= 0.3 is 6.03 Å². The number of nitrogens with zero attached hydrogens (tertiary/aromatic N) is 1. The van der Waals surface area contributed by atoms with Crippen molar-refractivity contribution in [2.75, 3.05) is 0 Å². The van der Waals surface area contributed by atoms with Crippen LogP contribution in [0.2, 0.25) is 0 Å². The fourth-order valence-electron chi connectivity index (χ4n) is 2.55. The number of hydrogen-bond donors (Lipinski definition) is 2. The number of carbonyl (C=O) groups is 1. The lowest BCUT2D eigenvalue weighted by molar-refractivity contribution is 0.146. The van der Waals surface area contributed by atoms with Crippen LogP contribution in [0.4, 0.5) is 13.6 Å². The second kappa shape index (κ2) is 6.73. The fourth-order valence-corrected chi connectivity index (χ4v) is 2.55. The van der Waals surface area contributed by atoms with Crippen molar-refractivity contribution in [3.05, 3.63) is 65.5 Å². The standard InChI is InChI=1S/C17H17F2N3O/c18-16(19)15-8-11(6-7-20-15)10-21-17(23)22-14-9-13(14)12-4-2-1-3-5-12/h1-8,13-14,16H,9-10H2,(H2,21,22,23)/t13-,14+/m0/s1. The lowest BCUT2D eigenvalue weighted by Crippen LogP contribution is -2.36. The molecule has 1 aliphatic rings. The largest absolute Gasteiger partial charge is 0.335 e. The van der Waals surface area contributed by atoms with E-state index >= 15 is 0 Å². The summed E-state index contributed by atoms with van der Waals surface area (Å²) in [6.07, 6.45) is -0.368.